The lowest BCUT2D eigenvalue weighted by Gasteiger charge is -2.18. The van der Waals surface area contributed by atoms with E-state index in [1.165, 1.54) is 0 Å². The van der Waals surface area contributed by atoms with Crippen LogP contribution in [0.25, 0.3) is 0 Å². The van der Waals surface area contributed by atoms with Gasteiger partial charge in [0, 0.05) is 10.9 Å². The molecular formula is C15H16N2OS. The predicted octanol–water partition coefficient (Wildman–Crippen LogP) is 3.30. The normalized spacial score (nSPS) is 15.8. The number of nitrogens with one attached hydrogen (secondary N) is 2. The van der Waals surface area contributed by atoms with E-state index in [-0.39, 0.29) is 12.1 Å². The maximum atomic E-state index is 12.0. The molecular weight excluding hydrogens is 256 g/mol. The largest absolute Gasteiger partial charge is 0.335 e. The highest BCUT2D eigenvalue weighted by atomic mass is 32.1. The molecule has 1 heterocycles. The van der Waals surface area contributed by atoms with Crippen LogP contribution in [-0.2, 0) is 0 Å². The van der Waals surface area contributed by atoms with Gasteiger partial charge < -0.3 is 10.6 Å². The fourth-order valence-electron chi connectivity index (χ4n) is 2.01. The summed E-state index contributed by atoms with van der Waals surface area (Å²) in [7, 11) is 0. The van der Waals surface area contributed by atoms with E-state index in [0.29, 0.717) is 6.04 Å². The fourth-order valence-corrected chi connectivity index (χ4v) is 2.81. The van der Waals surface area contributed by atoms with E-state index in [1.807, 2.05) is 41.8 Å². The molecule has 0 unspecified atom stereocenters. The van der Waals surface area contributed by atoms with Crippen LogP contribution in [0.1, 0.15) is 29.3 Å². The molecule has 3 nitrogen and oxygen atoms in total. The molecule has 98 valence electrons. The van der Waals surface area contributed by atoms with Gasteiger partial charge in [-0.25, -0.2) is 4.79 Å². The number of amides is 2. The molecule has 0 saturated heterocycles. The van der Waals surface area contributed by atoms with Crippen LogP contribution >= 0.6 is 11.3 Å². The van der Waals surface area contributed by atoms with Crippen molar-refractivity contribution >= 4 is 17.4 Å². The van der Waals surface area contributed by atoms with Crippen molar-refractivity contribution in [2.45, 2.75) is 24.9 Å². The number of thiophene rings is 1. The first-order valence-corrected chi connectivity index (χ1v) is 7.36. The van der Waals surface area contributed by atoms with Crippen molar-refractivity contribution in [1.82, 2.24) is 10.6 Å². The molecule has 0 radical (unpaired) electrons. The average Bonchev–Trinajstić information content (AvgIpc) is 3.08. The molecule has 3 rings (SSSR count). The number of hydrogen-bond acceptors (Lipinski definition) is 2. The van der Waals surface area contributed by atoms with E-state index in [0.717, 1.165) is 23.3 Å². The molecule has 2 amide bonds. The second-order valence-electron chi connectivity index (χ2n) is 4.75. The van der Waals surface area contributed by atoms with Gasteiger partial charge in [-0.1, -0.05) is 36.4 Å². The minimum Gasteiger partial charge on any atom is -0.335 e. The van der Waals surface area contributed by atoms with Crippen molar-refractivity contribution in [3.05, 3.63) is 58.3 Å². The lowest BCUT2D eigenvalue weighted by atomic mass is 10.1. The molecule has 2 N–H and O–H groups in total. The standard InChI is InChI=1S/C15H16N2OS/c18-15(16-12-8-9-12)17-14(13-7-4-10-19-13)11-5-2-1-3-6-11/h1-7,10,12,14H,8-9H2,(H2,16,17,18)/t14-/m0/s1. The molecule has 1 atom stereocenters. The summed E-state index contributed by atoms with van der Waals surface area (Å²) in [4.78, 5) is 13.1. The van der Waals surface area contributed by atoms with Crippen LogP contribution in [0.5, 0.6) is 0 Å². The monoisotopic (exact) mass is 272 g/mol. The van der Waals surface area contributed by atoms with Crippen molar-refractivity contribution in [1.29, 1.82) is 0 Å². The van der Waals surface area contributed by atoms with Crippen molar-refractivity contribution < 1.29 is 4.79 Å². The van der Waals surface area contributed by atoms with Crippen LogP contribution < -0.4 is 10.6 Å². The number of carbonyl (C=O) groups excluding carboxylic acids is 1. The third-order valence-corrected chi connectivity index (χ3v) is 4.09. The van der Waals surface area contributed by atoms with Gasteiger partial charge in [0.25, 0.3) is 0 Å². The first-order chi connectivity index (χ1) is 9.33. The second-order valence-corrected chi connectivity index (χ2v) is 5.73. The number of rotatable bonds is 4. The maximum Gasteiger partial charge on any atom is 0.315 e. The van der Waals surface area contributed by atoms with Gasteiger partial charge in [-0.3, -0.25) is 0 Å². The summed E-state index contributed by atoms with van der Waals surface area (Å²) in [5.41, 5.74) is 1.11. The molecule has 1 saturated carbocycles. The third-order valence-electron chi connectivity index (χ3n) is 3.15. The Balaban J connectivity index is 1.78. The van der Waals surface area contributed by atoms with E-state index in [1.54, 1.807) is 11.3 Å². The molecule has 1 aliphatic rings. The zero-order valence-electron chi connectivity index (χ0n) is 10.5. The maximum absolute atomic E-state index is 12.0. The Morgan fingerprint density at radius 1 is 1.16 bits per heavy atom. The van der Waals surface area contributed by atoms with Gasteiger partial charge in [0.15, 0.2) is 0 Å². The Hall–Kier alpha value is -1.81. The van der Waals surface area contributed by atoms with Crippen LogP contribution in [-0.4, -0.2) is 12.1 Å². The van der Waals surface area contributed by atoms with Crippen LogP contribution in [0.3, 0.4) is 0 Å². The molecule has 4 heteroatoms. The van der Waals surface area contributed by atoms with Crippen molar-refractivity contribution in [3.63, 3.8) is 0 Å². The highest BCUT2D eigenvalue weighted by Gasteiger charge is 2.25. The topological polar surface area (TPSA) is 41.1 Å². The van der Waals surface area contributed by atoms with Gasteiger partial charge in [0.2, 0.25) is 0 Å². The van der Waals surface area contributed by atoms with Crippen LogP contribution in [0, 0.1) is 0 Å². The van der Waals surface area contributed by atoms with Crippen LogP contribution in [0.2, 0.25) is 0 Å². The average molecular weight is 272 g/mol. The summed E-state index contributed by atoms with van der Waals surface area (Å²) < 4.78 is 0. The first-order valence-electron chi connectivity index (χ1n) is 6.48. The van der Waals surface area contributed by atoms with Gasteiger partial charge in [-0.05, 0) is 29.9 Å². The van der Waals surface area contributed by atoms with Gasteiger partial charge >= 0.3 is 6.03 Å². The van der Waals surface area contributed by atoms with E-state index in [2.05, 4.69) is 16.7 Å². The van der Waals surface area contributed by atoms with Crippen molar-refractivity contribution in [2.24, 2.45) is 0 Å². The summed E-state index contributed by atoms with van der Waals surface area (Å²) in [5, 5.41) is 8.07. The van der Waals surface area contributed by atoms with Gasteiger partial charge in [-0.15, -0.1) is 11.3 Å². The van der Waals surface area contributed by atoms with Crippen molar-refractivity contribution in [3.8, 4) is 0 Å². The Labute approximate surface area is 116 Å². The molecule has 1 fully saturated rings. The summed E-state index contributed by atoms with van der Waals surface area (Å²) in [6.07, 6.45) is 2.20. The number of benzene rings is 1. The summed E-state index contributed by atoms with van der Waals surface area (Å²) in [6, 6.07) is 14.4. The van der Waals surface area contributed by atoms with E-state index < -0.39 is 0 Å². The van der Waals surface area contributed by atoms with Gasteiger partial charge in [0.1, 0.15) is 0 Å². The molecule has 0 aliphatic heterocycles. The van der Waals surface area contributed by atoms with E-state index in [9.17, 15) is 4.79 Å². The lowest BCUT2D eigenvalue weighted by molar-refractivity contribution is 0.238. The SMILES string of the molecule is O=C(NC1CC1)N[C@@H](c1ccccc1)c1cccs1. The Morgan fingerprint density at radius 3 is 2.58 bits per heavy atom. The van der Waals surface area contributed by atoms with Gasteiger partial charge in [0.05, 0.1) is 6.04 Å². The molecule has 1 aromatic carbocycles. The predicted molar refractivity (Wildman–Crippen MR) is 77.3 cm³/mol. The lowest BCUT2D eigenvalue weighted by Crippen LogP contribution is -2.39. The zero-order valence-corrected chi connectivity index (χ0v) is 11.3. The Kier molecular flexibility index (Phi) is 3.51. The molecule has 1 aliphatic carbocycles. The summed E-state index contributed by atoms with van der Waals surface area (Å²) >= 11 is 1.66. The summed E-state index contributed by atoms with van der Waals surface area (Å²) in [5.74, 6) is 0. The zero-order chi connectivity index (χ0) is 13.1. The Bertz CT molecular complexity index is 535. The number of urea groups is 1. The van der Waals surface area contributed by atoms with Crippen LogP contribution in [0.15, 0.2) is 47.8 Å². The molecule has 2 aromatic rings. The fraction of sp³-hybridized carbons (Fsp3) is 0.267. The number of carbonyl (C=O) groups is 1. The van der Waals surface area contributed by atoms with Gasteiger partial charge in [-0.2, -0.15) is 0 Å². The highest BCUT2D eigenvalue weighted by Crippen LogP contribution is 2.26. The summed E-state index contributed by atoms with van der Waals surface area (Å²) in [6.45, 7) is 0. The van der Waals surface area contributed by atoms with Crippen LogP contribution in [0.4, 0.5) is 4.79 Å². The highest BCUT2D eigenvalue weighted by molar-refractivity contribution is 7.10. The second kappa shape index (κ2) is 5.45. The number of hydrogen-bond donors (Lipinski definition) is 2. The minimum atomic E-state index is -0.0789. The minimum absolute atomic E-state index is 0.0695. The molecule has 19 heavy (non-hydrogen) atoms. The molecule has 1 aromatic heterocycles. The van der Waals surface area contributed by atoms with E-state index in [4.69, 9.17) is 0 Å². The smallest absolute Gasteiger partial charge is 0.315 e. The first kappa shape index (κ1) is 12.2. The molecule has 0 spiro atoms. The Morgan fingerprint density at radius 2 is 1.95 bits per heavy atom. The quantitative estimate of drug-likeness (QED) is 0.881. The van der Waals surface area contributed by atoms with E-state index >= 15 is 0 Å². The molecule has 0 bridgehead atoms. The third kappa shape index (κ3) is 3.15. The van der Waals surface area contributed by atoms with Crippen molar-refractivity contribution in [2.75, 3.05) is 0 Å².